The fraction of sp³-hybridized carbons (Fsp3) is 0.500. The summed E-state index contributed by atoms with van der Waals surface area (Å²) in [6.45, 7) is 0. The van der Waals surface area contributed by atoms with E-state index in [1.165, 1.54) is 0 Å². The molecule has 0 amide bonds. The van der Waals surface area contributed by atoms with Crippen molar-refractivity contribution in [3.63, 3.8) is 0 Å². The molecular weight excluding hydrogens is 342 g/mol. The molecule has 120 valence electrons. The van der Waals surface area contributed by atoms with Gasteiger partial charge >= 0.3 is 77.0 Å². The van der Waals surface area contributed by atoms with E-state index in [0.717, 1.165) is 0 Å². The molecule has 0 aromatic heterocycles. The van der Waals surface area contributed by atoms with Crippen molar-refractivity contribution in [3.8, 4) is 0 Å². The van der Waals surface area contributed by atoms with Crippen molar-refractivity contribution >= 4 is 29.8 Å². The van der Waals surface area contributed by atoms with Crippen LogP contribution in [0.5, 0.6) is 0 Å². The molecule has 0 aliphatic heterocycles. The van der Waals surface area contributed by atoms with Crippen LogP contribution in [0.25, 0.3) is 0 Å². The van der Waals surface area contributed by atoms with Gasteiger partial charge in [-0.3, -0.25) is 9.59 Å². The third-order valence-electron chi connectivity index (χ3n) is 1.82. The van der Waals surface area contributed by atoms with Gasteiger partial charge in [-0.1, -0.05) is 0 Å². The number of carboxylic acid groups (broad SMARTS) is 5. The molecule has 0 atom stereocenters. The van der Waals surface area contributed by atoms with Gasteiger partial charge in [-0.2, -0.15) is 0 Å². The average Bonchev–Trinajstić information content (AvgIpc) is 2.24. The van der Waals surface area contributed by atoms with Gasteiger partial charge in [0.25, 0.3) is 0 Å². The first kappa shape index (κ1) is 30.2. The van der Waals surface area contributed by atoms with E-state index < -0.39 is 48.3 Å². The van der Waals surface area contributed by atoms with E-state index in [1.807, 2.05) is 0 Å². The number of aliphatic hydroxyl groups is 1. The van der Waals surface area contributed by atoms with Crippen LogP contribution in [-0.2, 0) is 24.0 Å². The van der Waals surface area contributed by atoms with Gasteiger partial charge < -0.3 is 40.2 Å². The third kappa shape index (κ3) is 19.3. The third-order valence-corrected chi connectivity index (χ3v) is 1.82. The Morgan fingerprint density at radius 3 is 1.13 bits per heavy atom. The van der Waals surface area contributed by atoms with Crippen molar-refractivity contribution in [2.45, 2.75) is 31.3 Å². The topological polar surface area (TPSA) is 212 Å². The van der Waals surface area contributed by atoms with Crippen molar-refractivity contribution in [2.24, 2.45) is 0 Å². The summed E-state index contributed by atoms with van der Waals surface area (Å²) in [6.07, 6.45) is -3.18. The Morgan fingerprint density at radius 2 is 1.00 bits per heavy atom. The minimum Gasteiger partial charge on any atom is -0.550 e. The zero-order valence-corrected chi connectivity index (χ0v) is 16.5. The largest absolute Gasteiger partial charge is 1.00 e. The first-order valence-electron chi connectivity index (χ1n) is 5.19. The number of aliphatic carboxylic acids is 5. The monoisotopic (exact) mass is 354 g/mol. The molecule has 0 saturated heterocycles. The van der Waals surface area contributed by atoms with Crippen LogP contribution in [0.4, 0.5) is 0 Å². The molecule has 0 aromatic carbocycles. The maximum absolute atomic E-state index is 10.3. The number of carboxylic acids is 5. The predicted molar refractivity (Wildman–Crippen MR) is 56.3 cm³/mol. The molecule has 11 nitrogen and oxygen atoms in total. The molecule has 4 N–H and O–H groups in total. The summed E-state index contributed by atoms with van der Waals surface area (Å²) in [4.78, 5) is 49.4. The molecule has 0 spiro atoms. The Balaban J connectivity index is -0.000000158. The number of hydrogen-bond acceptors (Lipinski definition) is 8. The first-order chi connectivity index (χ1) is 9.40. The number of carbonyl (C=O) groups is 5. The summed E-state index contributed by atoms with van der Waals surface area (Å²) in [5.41, 5.74) is -2.86. The second kappa shape index (κ2) is 14.9. The van der Waals surface area contributed by atoms with Crippen molar-refractivity contribution in [1.82, 2.24) is 0 Å². The Hall–Kier alpha value is -0.690. The van der Waals surface area contributed by atoms with Gasteiger partial charge in [0.15, 0.2) is 5.60 Å². The summed E-state index contributed by atoms with van der Waals surface area (Å²) < 4.78 is 0. The SMILES string of the molecule is O=C(O)CCC(=O)O.O=C([O-])CC(O)(CC(=O)[O-])C(=O)O.[Na+].[Na+]. The van der Waals surface area contributed by atoms with Crippen LogP contribution in [0, 0.1) is 0 Å². The summed E-state index contributed by atoms with van der Waals surface area (Å²) in [7, 11) is 0. The summed E-state index contributed by atoms with van der Waals surface area (Å²) >= 11 is 0. The molecule has 0 unspecified atom stereocenters. The van der Waals surface area contributed by atoms with Gasteiger partial charge in [0, 0.05) is 24.8 Å². The van der Waals surface area contributed by atoms with Crippen LogP contribution >= 0.6 is 0 Å². The van der Waals surface area contributed by atoms with E-state index in [0.29, 0.717) is 0 Å². The van der Waals surface area contributed by atoms with Gasteiger partial charge in [0.2, 0.25) is 0 Å². The van der Waals surface area contributed by atoms with Crippen molar-refractivity contribution in [1.29, 1.82) is 0 Å². The minimum atomic E-state index is -2.86. The smallest absolute Gasteiger partial charge is 0.550 e. The Kier molecular flexibility index (Phi) is 19.5. The average molecular weight is 354 g/mol. The predicted octanol–water partition coefficient (Wildman–Crippen LogP) is -9.97. The van der Waals surface area contributed by atoms with Crippen molar-refractivity contribution < 1.29 is 114 Å². The summed E-state index contributed by atoms with van der Waals surface area (Å²) in [6, 6.07) is 0. The molecule has 0 heterocycles. The maximum atomic E-state index is 10.3. The van der Waals surface area contributed by atoms with Gasteiger partial charge in [0.05, 0.1) is 12.8 Å². The number of rotatable bonds is 8. The van der Waals surface area contributed by atoms with Crippen molar-refractivity contribution in [2.75, 3.05) is 0 Å². The summed E-state index contributed by atoms with van der Waals surface area (Å²) in [5.74, 6) is -7.81. The van der Waals surface area contributed by atoms with Crippen LogP contribution < -0.4 is 69.3 Å². The molecule has 0 aliphatic carbocycles. The second-order valence-corrected chi connectivity index (χ2v) is 3.72. The zero-order valence-electron chi connectivity index (χ0n) is 12.5. The minimum absolute atomic E-state index is 0. The molecule has 23 heavy (non-hydrogen) atoms. The Bertz CT molecular complexity index is 405. The number of hydrogen-bond donors (Lipinski definition) is 4. The molecule has 13 heteroatoms. The van der Waals surface area contributed by atoms with Gasteiger partial charge in [-0.05, 0) is 0 Å². The fourth-order valence-corrected chi connectivity index (χ4v) is 0.905. The van der Waals surface area contributed by atoms with E-state index >= 15 is 0 Å². The normalized spacial score (nSPS) is 9.09. The van der Waals surface area contributed by atoms with E-state index in [2.05, 4.69) is 0 Å². The van der Waals surface area contributed by atoms with Crippen LogP contribution in [-0.4, -0.2) is 55.9 Å². The van der Waals surface area contributed by atoms with Crippen LogP contribution in [0.1, 0.15) is 25.7 Å². The summed E-state index contributed by atoms with van der Waals surface area (Å²) in [5, 5.41) is 53.0. The molecule has 0 rings (SSSR count). The Morgan fingerprint density at radius 1 is 0.739 bits per heavy atom. The molecule has 0 radical (unpaired) electrons. The molecule has 0 bridgehead atoms. The Labute approximate surface area is 173 Å². The second-order valence-electron chi connectivity index (χ2n) is 3.72. The number of carbonyl (C=O) groups excluding carboxylic acids is 2. The fourth-order valence-electron chi connectivity index (χ4n) is 0.905. The van der Waals surface area contributed by atoms with Gasteiger partial charge in [-0.15, -0.1) is 0 Å². The molecule has 0 aromatic rings. The first-order valence-corrected chi connectivity index (χ1v) is 5.19. The zero-order chi connectivity index (χ0) is 17.2. The van der Waals surface area contributed by atoms with Gasteiger partial charge in [-0.25, -0.2) is 4.79 Å². The van der Waals surface area contributed by atoms with E-state index in [1.54, 1.807) is 0 Å². The molecule has 0 fully saturated rings. The van der Waals surface area contributed by atoms with Crippen LogP contribution in [0.15, 0.2) is 0 Å². The molecular formula is C10H12Na2O11. The van der Waals surface area contributed by atoms with E-state index in [-0.39, 0.29) is 72.0 Å². The van der Waals surface area contributed by atoms with Crippen molar-refractivity contribution in [3.05, 3.63) is 0 Å². The molecule has 0 aliphatic rings. The van der Waals surface area contributed by atoms with Crippen LogP contribution in [0.3, 0.4) is 0 Å². The quantitative estimate of drug-likeness (QED) is 0.300. The van der Waals surface area contributed by atoms with Crippen LogP contribution in [0.2, 0.25) is 0 Å². The molecule has 0 saturated carbocycles. The van der Waals surface area contributed by atoms with Gasteiger partial charge in [0.1, 0.15) is 0 Å². The van der Waals surface area contributed by atoms with E-state index in [4.69, 9.17) is 20.4 Å². The maximum Gasteiger partial charge on any atom is 1.00 e. The standard InChI is InChI=1S/C6H8O7.C4H6O4.2Na/c7-3(8)1-6(13,5(11)12)2-4(9)10;5-3(6)1-2-4(7)8;;/h13H,1-2H2,(H,7,8)(H,9,10)(H,11,12);1-2H2,(H,5,6)(H,7,8);;/q;;2*+1/p-2. The van der Waals surface area contributed by atoms with E-state index in [9.17, 15) is 34.2 Å².